The molecule has 17 heavy (non-hydrogen) atoms. The van der Waals surface area contributed by atoms with E-state index in [9.17, 15) is 0 Å². The molecular formula is C11H15N5O. The lowest BCUT2D eigenvalue weighted by Gasteiger charge is -2.20. The molecule has 90 valence electrons. The first kappa shape index (κ1) is 11.7. The first-order valence-electron chi connectivity index (χ1n) is 5.59. The van der Waals surface area contributed by atoms with Crippen LogP contribution in [0.4, 0.5) is 0 Å². The summed E-state index contributed by atoms with van der Waals surface area (Å²) in [4.78, 5) is 12.4. The Labute approximate surface area is 99.3 Å². The molecule has 2 rings (SSSR count). The van der Waals surface area contributed by atoms with Gasteiger partial charge >= 0.3 is 0 Å². The maximum Gasteiger partial charge on any atom is 0.247 e. The lowest BCUT2D eigenvalue weighted by Crippen LogP contribution is -2.35. The summed E-state index contributed by atoms with van der Waals surface area (Å²) in [6.45, 7) is 3.99. The van der Waals surface area contributed by atoms with Crippen molar-refractivity contribution in [1.29, 1.82) is 0 Å². The molecule has 0 aliphatic carbocycles. The van der Waals surface area contributed by atoms with Crippen LogP contribution in [0.2, 0.25) is 0 Å². The summed E-state index contributed by atoms with van der Waals surface area (Å²) < 4.78 is 5.21. The van der Waals surface area contributed by atoms with E-state index in [1.54, 1.807) is 18.6 Å². The van der Waals surface area contributed by atoms with Gasteiger partial charge in [0.25, 0.3) is 0 Å². The zero-order valence-electron chi connectivity index (χ0n) is 9.92. The molecule has 0 aromatic carbocycles. The van der Waals surface area contributed by atoms with Crippen molar-refractivity contribution < 1.29 is 4.52 Å². The fourth-order valence-electron chi connectivity index (χ4n) is 1.50. The molecular weight excluding hydrogens is 218 g/mol. The van der Waals surface area contributed by atoms with Crippen molar-refractivity contribution in [3.05, 3.63) is 24.5 Å². The topological polar surface area (TPSA) is 90.7 Å². The Morgan fingerprint density at radius 3 is 2.65 bits per heavy atom. The molecule has 0 aliphatic rings. The smallest absolute Gasteiger partial charge is 0.247 e. The van der Waals surface area contributed by atoms with E-state index in [4.69, 9.17) is 10.3 Å². The average molecular weight is 233 g/mol. The Hall–Kier alpha value is -1.82. The van der Waals surface area contributed by atoms with E-state index in [1.165, 1.54) is 0 Å². The SMILES string of the molecule is CCC(N)(CC)c1nc(-c2cnccn2)no1. The molecule has 2 aromatic rings. The largest absolute Gasteiger partial charge is 0.337 e. The number of rotatable bonds is 4. The van der Waals surface area contributed by atoms with Crippen molar-refractivity contribution in [2.75, 3.05) is 0 Å². The highest BCUT2D eigenvalue weighted by Gasteiger charge is 2.30. The van der Waals surface area contributed by atoms with Crippen LogP contribution in [0.3, 0.4) is 0 Å². The zero-order chi connectivity index (χ0) is 12.3. The Morgan fingerprint density at radius 1 is 1.29 bits per heavy atom. The highest BCUT2D eigenvalue weighted by atomic mass is 16.5. The molecule has 6 nitrogen and oxygen atoms in total. The minimum Gasteiger partial charge on any atom is -0.337 e. The standard InChI is InChI=1S/C11H15N5O/c1-3-11(12,4-2)10-15-9(16-17-10)8-7-13-5-6-14-8/h5-7H,3-4,12H2,1-2H3. The van der Waals surface area contributed by atoms with Crippen LogP contribution < -0.4 is 5.73 Å². The molecule has 0 radical (unpaired) electrons. The molecule has 6 heteroatoms. The van der Waals surface area contributed by atoms with Gasteiger partial charge in [0.15, 0.2) is 0 Å². The summed E-state index contributed by atoms with van der Waals surface area (Å²) in [6.07, 6.45) is 6.25. The molecule has 0 saturated heterocycles. The number of hydrogen-bond donors (Lipinski definition) is 1. The Morgan fingerprint density at radius 2 is 2.06 bits per heavy atom. The summed E-state index contributed by atoms with van der Waals surface area (Å²) >= 11 is 0. The highest BCUT2D eigenvalue weighted by molar-refractivity contribution is 5.45. The highest BCUT2D eigenvalue weighted by Crippen LogP contribution is 2.25. The zero-order valence-corrected chi connectivity index (χ0v) is 9.92. The van der Waals surface area contributed by atoms with Crippen LogP contribution in [0.25, 0.3) is 11.5 Å². The third-order valence-corrected chi connectivity index (χ3v) is 2.91. The molecule has 0 spiro atoms. The van der Waals surface area contributed by atoms with Crippen LogP contribution in [-0.4, -0.2) is 20.1 Å². The third-order valence-electron chi connectivity index (χ3n) is 2.91. The van der Waals surface area contributed by atoms with Crippen LogP contribution in [-0.2, 0) is 5.54 Å². The van der Waals surface area contributed by atoms with Crippen LogP contribution in [0.15, 0.2) is 23.1 Å². The van der Waals surface area contributed by atoms with Gasteiger partial charge in [-0.1, -0.05) is 19.0 Å². The predicted molar refractivity (Wildman–Crippen MR) is 61.8 cm³/mol. The molecule has 2 N–H and O–H groups in total. The molecule has 0 atom stereocenters. The van der Waals surface area contributed by atoms with Gasteiger partial charge < -0.3 is 10.3 Å². The van der Waals surface area contributed by atoms with E-state index in [-0.39, 0.29) is 0 Å². The minimum absolute atomic E-state index is 0.421. The van der Waals surface area contributed by atoms with Crippen molar-refractivity contribution in [2.45, 2.75) is 32.2 Å². The fraction of sp³-hybridized carbons (Fsp3) is 0.455. The lowest BCUT2D eigenvalue weighted by molar-refractivity contribution is 0.268. The van der Waals surface area contributed by atoms with Gasteiger partial charge in [0.2, 0.25) is 11.7 Å². The molecule has 0 fully saturated rings. The van der Waals surface area contributed by atoms with Gasteiger partial charge in [-0.15, -0.1) is 0 Å². The number of nitrogens with two attached hydrogens (primary N) is 1. The average Bonchev–Trinajstić information content (AvgIpc) is 2.89. The molecule has 0 bridgehead atoms. The van der Waals surface area contributed by atoms with E-state index >= 15 is 0 Å². The molecule has 0 aliphatic heterocycles. The lowest BCUT2D eigenvalue weighted by atomic mass is 9.94. The predicted octanol–water partition coefficient (Wildman–Crippen LogP) is 1.50. The first-order chi connectivity index (χ1) is 8.19. The van der Waals surface area contributed by atoms with E-state index in [2.05, 4.69) is 20.1 Å². The summed E-state index contributed by atoms with van der Waals surface area (Å²) in [6, 6.07) is 0. The molecule has 2 aromatic heterocycles. The van der Waals surface area contributed by atoms with Gasteiger partial charge in [-0.05, 0) is 12.8 Å². The second-order valence-corrected chi connectivity index (χ2v) is 3.88. The van der Waals surface area contributed by atoms with Crippen LogP contribution in [0.1, 0.15) is 32.6 Å². The monoisotopic (exact) mass is 233 g/mol. The van der Waals surface area contributed by atoms with Gasteiger partial charge in [-0.2, -0.15) is 4.98 Å². The van der Waals surface area contributed by atoms with Crippen molar-refractivity contribution in [3.63, 3.8) is 0 Å². The summed E-state index contributed by atoms with van der Waals surface area (Å²) in [7, 11) is 0. The van der Waals surface area contributed by atoms with E-state index < -0.39 is 5.54 Å². The normalized spacial score (nSPS) is 11.7. The molecule has 0 unspecified atom stereocenters. The number of nitrogens with zero attached hydrogens (tertiary/aromatic N) is 4. The van der Waals surface area contributed by atoms with E-state index in [0.29, 0.717) is 17.4 Å². The number of hydrogen-bond acceptors (Lipinski definition) is 6. The van der Waals surface area contributed by atoms with Crippen LogP contribution in [0.5, 0.6) is 0 Å². The molecule has 0 saturated carbocycles. The van der Waals surface area contributed by atoms with Crippen molar-refractivity contribution >= 4 is 0 Å². The van der Waals surface area contributed by atoms with Crippen LogP contribution >= 0.6 is 0 Å². The van der Waals surface area contributed by atoms with Gasteiger partial charge in [-0.3, -0.25) is 4.98 Å². The van der Waals surface area contributed by atoms with Crippen LogP contribution in [0, 0.1) is 0 Å². The first-order valence-corrected chi connectivity index (χ1v) is 5.59. The molecule has 2 heterocycles. The Kier molecular flexibility index (Phi) is 3.14. The second kappa shape index (κ2) is 4.58. The minimum atomic E-state index is -0.562. The van der Waals surface area contributed by atoms with Crippen molar-refractivity contribution in [1.82, 2.24) is 20.1 Å². The van der Waals surface area contributed by atoms with E-state index in [1.807, 2.05) is 13.8 Å². The quantitative estimate of drug-likeness (QED) is 0.860. The van der Waals surface area contributed by atoms with Crippen molar-refractivity contribution in [3.8, 4) is 11.5 Å². The number of aromatic nitrogens is 4. The molecule has 0 amide bonds. The van der Waals surface area contributed by atoms with Gasteiger partial charge in [0, 0.05) is 12.4 Å². The Balaban J connectivity index is 2.34. The summed E-state index contributed by atoms with van der Waals surface area (Å²) in [5.74, 6) is 0.868. The summed E-state index contributed by atoms with van der Waals surface area (Å²) in [5.41, 5.74) is 6.20. The van der Waals surface area contributed by atoms with Crippen molar-refractivity contribution in [2.24, 2.45) is 5.73 Å². The Bertz CT molecular complexity index is 478. The summed E-state index contributed by atoms with van der Waals surface area (Å²) in [5, 5.41) is 3.88. The maximum atomic E-state index is 6.18. The van der Waals surface area contributed by atoms with Gasteiger partial charge in [-0.25, -0.2) is 4.98 Å². The van der Waals surface area contributed by atoms with Gasteiger partial charge in [0.1, 0.15) is 5.69 Å². The third kappa shape index (κ3) is 2.16. The van der Waals surface area contributed by atoms with E-state index in [0.717, 1.165) is 12.8 Å². The second-order valence-electron chi connectivity index (χ2n) is 3.88. The fourth-order valence-corrected chi connectivity index (χ4v) is 1.50. The van der Waals surface area contributed by atoms with Gasteiger partial charge in [0.05, 0.1) is 11.7 Å². The maximum absolute atomic E-state index is 6.18.